The van der Waals surface area contributed by atoms with Crippen molar-refractivity contribution in [2.45, 2.75) is 20.3 Å². The molecule has 126 valence electrons. The molecule has 0 atom stereocenters. The van der Waals surface area contributed by atoms with Crippen LogP contribution in [0.1, 0.15) is 30.6 Å². The van der Waals surface area contributed by atoms with E-state index in [0.717, 1.165) is 12.1 Å². The standard InChI is InChI=1S/C19H22N2O3/c1-4-12-24-18-7-5-6-15(13-18)19(23)20-16-8-10-17(11-9-16)21(3)14(2)22/h5-11,13H,4,12H2,1-3H3,(H,20,23). The minimum atomic E-state index is -0.204. The van der Waals surface area contributed by atoms with E-state index in [0.29, 0.717) is 23.6 Å². The third kappa shape index (κ3) is 4.59. The summed E-state index contributed by atoms with van der Waals surface area (Å²) in [5.74, 6) is 0.434. The van der Waals surface area contributed by atoms with Crippen molar-refractivity contribution in [2.24, 2.45) is 0 Å². The van der Waals surface area contributed by atoms with Gasteiger partial charge >= 0.3 is 0 Å². The number of nitrogens with one attached hydrogen (secondary N) is 1. The second-order valence-electron chi connectivity index (χ2n) is 5.46. The molecule has 5 nitrogen and oxygen atoms in total. The minimum Gasteiger partial charge on any atom is -0.494 e. The van der Waals surface area contributed by atoms with Crippen molar-refractivity contribution in [3.63, 3.8) is 0 Å². The van der Waals surface area contributed by atoms with Gasteiger partial charge in [0, 0.05) is 30.9 Å². The molecule has 0 spiro atoms. The van der Waals surface area contributed by atoms with Gasteiger partial charge in [-0.05, 0) is 48.9 Å². The minimum absolute atomic E-state index is 0.0457. The molecule has 0 aliphatic carbocycles. The normalized spacial score (nSPS) is 10.1. The van der Waals surface area contributed by atoms with Crippen LogP contribution in [-0.2, 0) is 4.79 Å². The zero-order valence-electron chi connectivity index (χ0n) is 14.2. The fraction of sp³-hybridized carbons (Fsp3) is 0.263. The summed E-state index contributed by atoms with van der Waals surface area (Å²) in [6.45, 7) is 4.16. The van der Waals surface area contributed by atoms with Gasteiger partial charge in [0.1, 0.15) is 5.75 Å². The largest absolute Gasteiger partial charge is 0.494 e. The Morgan fingerprint density at radius 2 is 1.83 bits per heavy atom. The topological polar surface area (TPSA) is 58.6 Å². The quantitative estimate of drug-likeness (QED) is 0.880. The van der Waals surface area contributed by atoms with E-state index in [-0.39, 0.29) is 11.8 Å². The predicted molar refractivity (Wildman–Crippen MR) is 95.7 cm³/mol. The fourth-order valence-corrected chi connectivity index (χ4v) is 2.10. The summed E-state index contributed by atoms with van der Waals surface area (Å²) in [6, 6.07) is 14.2. The molecule has 5 heteroatoms. The fourth-order valence-electron chi connectivity index (χ4n) is 2.10. The van der Waals surface area contributed by atoms with Crippen LogP contribution in [0.25, 0.3) is 0 Å². The third-order valence-electron chi connectivity index (χ3n) is 3.55. The van der Waals surface area contributed by atoms with Crippen LogP contribution in [-0.4, -0.2) is 25.5 Å². The summed E-state index contributed by atoms with van der Waals surface area (Å²) in [6.07, 6.45) is 0.914. The number of carbonyl (C=O) groups excluding carboxylic acids is 2. The van der Waals surface area contributed by atoms with Gasteiger partial charge in [0.05, 0.1) is 6.61 Å². The molecule has 2 amide bonds. The molecule has 0 saturated heterocycles. The van der Waals surface area contributed by atoms with E-state index in [4.69, 9.17) is 4.74 Å². The molecule has 1 N–H and O–H groups in total. The monoisotopic (exact) mass is 326 g/mol. The second kappa shape index (κ2) is 8.15. The number of carbonyl (C=O) groups is 2. The number of anilines is 2. The molecule has 0 unspecified atom stereocenters. The van der Waals surface area contributed by atoms with Crippen molar-refractivity contribution in [3.8, 4) is 5.75 Å². The molecule has 0 bridgehead atoms. The van der Waals surface area contributed by atoms with Crippen LogP contribution in [0.5, 0.6) is 5.75 Å². The Morgan fingerprint density at radius 1 is 1.12 bits per heavy atom. The zero-order valence-corrected chi connectivity index (χ0v) is 14.2. The SMILES string of the molecule is CCCOc1cccc(C(=O)Nc2ccc(N(C)C(C)=O)cc2)c1. The molecule has 0 aliphatic rings. The van der Waals surface area contributed by atoms with Crippen LogP contribution >= 0.6 is 0 Å². The Hall–Kier alpha value is -2.82. The van der Waals surface area contributed by atoms with Gasteiger partial charge in [0.2, 0.25) is 5.91 Å². The Morgan fingerprint density at radius 3 is 2.46 bits per heavy atom. The average molecular weight is 326 g/mol. The lowest BCUT2D eigenvalue weighted by atomic mass is 10.2. The average Bonchev–Trinajstić information content (AvgIpc) is 2.60. The second-order valence-corrected chi connectivity index (χ2v) is 5.46. The Bertz CT molecular complexity index is 711. The van der Waals surface area contributed by atoms with Crippen molar-refractivity contribution < 1.29 is 14.3 Å². The van der Waals surface area contributed by atoms with Gasteiger partial charge in [-0.15, -0.1) is 0 Å². The van der Waals surface area contributed by atoms with E-state index in [1.165, 1.54) is 6.92 Å². The van der Waals surface area contributed by atoms with Crippen molar-refractivity contribution in [3.05, 3.63) is 54.1 Å². The first kappa shape index (κ1) is 17.5. The molecule has 0 saturated carbocycles. The Labute approximate surface area is 142 Å². The van der Waals surface area contributed by atoms with Gasteiger partial charge < -0.3 is 15.0 Å². The number of ether oxygens (including phenoxy) is 1. The van der Waals surface area contributed by atoms with Gasteiger partial charge in [-0.1, -0.05) is 13.0 Å². The molecule has 0 fully saturated rings. The molecule has 0 heterocycles. The first-order valence-corrected chi connectivity index (χ1v) is 7.90. The highest BCUT2D eigenvalue weighted by Gasteiger charge is 2.09. The first-order chi connectivity index (χ1) is 11.5. The van der Waals surface area contributed by atoms with Crippen LogP contribution in [0.15, 0.2) is 48.5 Å². The summed E-state index contributed by atoms with van der Waals surface area (Å²) in [4.78, 5) is 25.2. The van der Waals surface area contributed by atoms with E-state index in [2.05, 4.69) is 5.32 Å². The van der Waals surface area contributed by atoms with Crippen LogP contribution < -0.4 is 15.0 Å². The highest BCUT2D eigenvalue weighted by molar-refractivity contribution is 6.04. The first-order valence-electron chi connectivity index (χ1n) is 7.90. The van der Waals surface area contributed by atoms with Crippen molar-refractivity contribution in [1.29, 1.82) is 0 Å². The van der Waals surface area contributed by atoms with Gasteiger partial charge in [-0.3, -0.25) is 9.59 Å². The number of hydrogen-bond acceptors (Lipinski definition) is 3. The molecule has 2 aromatic carbocycles. The maximum atomic E-state index is 12.3. The van der Waals surface area contributed by atoms with E-state index in [9.17, 15) is 9.59 Å². The van der Waals surface area contributed by atoms with Crippen LogP contribution in [0.2, 0.25) is 0 Å². The summed E-state index contributed by atoms with van der Waals surface area (Å²) in [5, 5.41) is 2.84. The summed E-state index contributed by atoms with van der Waals surface area (Å²) < 4.78 is 5.54. The summed E-state index contributed by atoms with van der Waals surface area (Å²) >= 11 is 0. The van der Waals surface area contributed by atoms with Gasteiger partial charge in [0.15, 0.2) is 0 Å². The lowest BCUT2D eigenvalue weighted by Crippen LogP contribution is -2.22. The number of amides is 2. The molecule has 0 radical (unpaired) electrons. The maximum absolute atomic E-state index is 12.3. The Balaban J connectivity index is 2.05. The third-order valence-corrected chi connectivity index (χ3v) is 3.55. The van der Waals surface area contributed by atoms with Crippen LogP contribution in [0.4, 0.5) is 11.4 Å². The lowest BCUT2D eigenvalue weighted by molar-refractivity contribution is -0.116. The highest BCUT2D eigenvalue weighted by Crippen LogP contribution is 2.19. The molecular formula is C19H22N2O3. The molecule has 2 rings (SSSR count). The van der Waals surface area contributed by atoms with Crippen molar-refractivity contribution in [1.82, 2.24) is 0 Å². The summed E-state index contributed by atoms with van der Waals surface area (Å²) in [7, 11) is 1.71. The van der Waals surface area contributed by atoms with E-state index in [1.807, 2.05) is 13.0 Å². The van der Waals surface area contributed by atoms with E-state index < -0.39 is 0 Å². The molecule has 2 aromatic rings. The van der Waals surface area contributed by atoms with Crippen molar-refractivity contribution in [2.75, 3.05) is 23.9 Å². The lowest BCUT2D eigenvalue weighted by Gasteiger charge is -2.15. The van der Waals surface area contributed by atoms with E-state index >= 15 is 0 Å². The van der Waals surface area contributed by atoms with Crippen LogP contribution in [0, 0.1) is 0 Å². The predicted octanol–water partition coefficient (Wildman–Crippen LogP) is 3.71. The molecule has 24 heavy (non-hydrogen) atoms. The zero-order chi connectivity index (χ0) is 17.5. The van der Waals surface area contributed by atoms with Gasteiger partial charge in [0.25, 0.3) is 5.91 Å². The highest BCUT2D eigenvalue weighted by atomic mass is 16.5. The molecular weight excluding hydrogens is 304 g/mol. The number of nitrogens with zero attached hydrogens (tertiary/aromatic N) is 1. The van der Waals surface area contributed by atoms with Gasteiger partial charge in [-0.2, -0.15) is 0 Å². The Kier molecular flexibility index (Phi) is 5.95. The van der Waals surface area contributed by atoms with Crippen LogP contribution in [0.3, 0.4) is 0 Å². The van der Waals surface area contributed by atoms with Gasteiger partial charge in [-0.25, -0.2) is 0 Å². The van der Waals surface area contributed by atoms with Crippen molar-refractivity contribution >= 4 is 23.2 Å². The summed E-state index contributed by atoms with van der Waals surface area (Å²) in [5.41, 5.74) is 1.98. The molecule has 0 aromatic heterocycles. The number of hydrogen-bond donors (Lipinski definition) is 1. The smallest absolute Gasteiger partial charge is 0.255 e. The molecule has 0 aliphatic heterocycles. The number of rotatable bonds is 6. The number of benzene rings is 2. The maximum Gasteiger partial charge on any atom is 0.255 e. The van der Waals surface area contributed by atoms with E-state index in [1.54, 1.807) is 54.4 Å².